The number of fused-ring (bicyclic) bond motifs is 1. The molecule has 13 heteroatoms. The Morgan fingerprint density at radius 3 is 2.75 bits per heavy atom. The smallest absolute Gasteiger partial charge is 0.394 e. The van der Waals surface area contributed by atoms with Crippen molar-refractivity contribution in [2.24, 2.45) is 0 Å². The topological polar surface area (TPSA) is 138 Å². The highest BCUT2D eigenvalue weighted by Gasteiger charge is 2.48. The molecular formula is C11H12F3N5O5. The summed E-state index contributed by atoms with van der Waals surface area (Å²) in [5.41, 5.74) is 5.98. The zero-order valence-corrected chi connectivity index (χ0v) is 11.8. The molecule has 2 unspecified atom stereocenters. The van der Waals surface area contributed by atoms with Gasteiger partial charge in [-0.15, -0.1) is 18.1 Å². The number of nitrogen functional groups attached to an aromatic ring is 1. The minimum Gasteiger partial charge on any atom is -0.394 e. The second kappa shape index (κ2) is 6.10. The molecule has 10 nitrogen and oxygen atoms in total. The van der Waals surface area contributed by atoms with Crippen LogP contribution in [0.5, 0.6) is 0 Å². The third-order valence-corrected chi connectivity index (χ3v) is 3.41. The van der Waals surface area contributed by atoms with Crippen molar-refractivity contribution >= 4 is 17.0 Å². The molecule has 1 fully saturated rings. The van der Waals surface area contributed by atoms with E-state index in [1.54, 1.807) is 0 Å². The van der Waals surface area contributed by atoms with Crippen LogP contribution in [0.1, 0.15) is 6.23 Å². The largest absolute Gasteiger partial charge is 0.549 e. The van der Waals surface area contributed by atoms with E-state index < -0.39 is 37.5 Å². The number of aromatic nitrogens is 4. The van der Waals surface area contributed by atoms with Crippen molar-refractivity contribution < 1.29 is 37.9 Å². The van der Waals surface area contributed by atoms with Gasteiger partial charge >= 0.3 is 6.36 Å². The van der Waals surface area contributed by atoms with Gasteiger partial charge in [-0.1, -0.05) is 0 Å². The molecule has 0 aromatic carbocycles. The molecule has 132 valence electrons. The fourth-order valence-corrected chi connectivity index (χ4v) is 2.36. The first-order valence-electron chi connectivity index (χ1n) is 6.60. The van der Waals surface area contributed by atoms with Gasteiger partial charge in [0.15, 0.2) is 23.8 Å². The molecule has 0 saturated carbocycles. The standard InChI is InChI=1S/C11H12F3N5O5/c12-11(13,14)24-23-7-6(21)4(1-20)22-10(7)19-3-18-5-8(15)16-2-17-9(5)19/h2-4,6-7,10,20-21H,1H2,(H2,15,16,17)/t4-,6?,7?,10-/m1/s1. The molecule has 3 heterocycles. The molecule has 0 bridgehead atoms. The zero-order chi connectivity index (χ0) is 17.5. The van der Waals surface area contributed by atoms with Gasteiger partial charge in [-0.05, 0) is 0 Å². The first-order valence-corrected chi connectivity index (χ1v) is 6.60. The molecule has 0 radical (unpaired) electrons. The second-order valence-electron chi connectivity index (χ2n) is 4.91. The summed E-state index contributed by atoms with van der Waals surface area (Å²) in [6.07, 6.45) is -8.42. The van der Waals surface area contributed by atoms with Crippen molar-refractivity contribution in [3.05, 3.63) is 12.7 Å². The molecule has 4 N–H and O–H groups in total. The van der Waals surface area contributed by atoms with Crippen molar-refractivity contribution in [1.82, 2.24) is 19.5 Å². The molecule has 0 amide bonds. The number of aliphatic hydroxyl groups excluding tert-OH is 2. The number of hydrogen-bond donors (Lipinski definition) is 3. The maximum atomic E-state index is 12.2. The van der Waals surface area contributed by atoms with Gasteiger partial charge in [0.2, 0.25) is 0 Å². The van der Waals surface area contributed by atoms with Gasteiger partial charge in [0.25, 0.3) is 0 Å². The van der Waals surface area contributed by atoms with Crippen molar-refractivity contribution in [1.29, 1.82) is 0 Å². The Kier molecular flexibility index (Phi) is 4.27. The molecule has 1 aliphatic rings. The van der Waals surface area contributed by atoms with Crippen LogP contribution in [0.4, 0.5) is 19.0 Å². The summed E-state index contributed by atoms with van der Waals surface area (Å²) in [6, 6.07) is 0. The van der Waals surface area contributed by atoms with Crippen molar-refractivity contribution in [2.45, 2.75) is 30.9 Å². The highest BCUT2D eigenvalue weighted by Crippen LogP contribution is 2.35. The molecule has 2 aromatic heterocycles. The molecule has 3 rings (SSSR count). The molecule has 0 aliphatic carbocycles. The number of nitrogens with zero attached hydrogens (tertiary/aromatic N) is 4. The number of rotatable bonds is 4. The monoisotopic (exact) mass is 351 g/mol. The maximum Gasteiger partial charge on any atom is 0.549 e. The van der Waals surface area contributed by atoms with E-state index >= 15 is 0 Å². The van der Waals surface area contributed by atoms with Crippen LogP contribution in [-0.4, -0.2) is 61.0 Å². The third-order valence-electron chi connectivity index (χ3n) is 3.41. The van der Waals surface area contributed by atoms with E-state index in [-0.39, 0.29) is 17.0 Å². The first kappa shape index (κ1) is 16.8. The minimum atomic E-state index is -5.08. The molecule has 2 aromatic rings. The number of nitrogens with two attached hydrogens (primary N) is 1. The van der Waals surface area contributed by atoms with Crippen molar-refractivity contribution in [3.8, 4) is 0 Å². The average Bonchev–Trinajstić information content (AvgIpc) is 3.06. The van der Waals surface area contributed by atoms with Crippen LogP contribution in [0.2, 0.25) is 0 Å². The van der Waals surface area contributed by atoms with Gasteiger partial charge in [-0.3, -0.25) is 4.57 Å². The van der Waals surface area contributed by atoms with E-state index in [2.05, 4.69) is 24.7 Å². The van der Waals surface area contributed by atoms with Crippen molar-refractivity contribution in [3.63, 3.8) is 0 Å². The number of hydrogen-bond acceptors (Lipinski definition) is 9. The lowest BCUT2D eigenvalue weighted by atomic mass is 10.1. The predicted octanol–water partition coefficient (Wildman–Crippen LogP) is -0.504. The Hall–Kier alpha value is -2.06. The number of alkyl halides is 3. The van der Waals surface area contributed by atoms with Crippen LogP contribution in [0.15, 0.2) is 12.7 Å². The summed E-state index contributed by atoms with van der Waals surface area (Å²) in [5, 5.41) is 19.2. The molecule has 0 spiro atoms. The van der Waals surface area contributed by atoms with Crippen LogP contribution >= 0.6 is 0 Å². The van der Waals surface area contributed by atoms with Crippen LogP contribution in [0.3, 0.4) is 0 Å². The lowest BCUT2D eigenvalue weighted by Gasteiger charge is -2.21. The van der Waals surface area contributed by atoms with E-state index in [1.807, 2.05) is 0 Å². The quantitative estimate of drug-likeness (QED) is 0.491. The summed E-state index contributed by atoms with van der Waals surface area (Å²) >= 11 is 0. The summed E-state index contributed by atoms with van der Waals surface area (Å²) < 4.78 is 43.2. The molecular weight excluding hydrogens is 339 g/mol. The van der Waals surface area contributed by atoms with Crippen LogP contribution in [-0.2, 0) is 14.5 Å². The van der Waals surface area contributed by atoms with Crippen molar-refractivity contribution in [2.75, 3.05) is 12.3 Å². The van der Waals surface area contributed by atoms with Crippen LogP contribution in [0.25, 0.3) is 11.2 Å². The van der Waals surface area contributed by atoms with E-state index in [1.165, 1.54) is 10.9 Å². The minimum absolute atomic E-state index is 0.0556. The number of ether oxygens (including phenoxy) is 1. The Labute approximate surface area is 131 Å². The van der Waals surface area contributed by atoms with Crippen LogP contribution < -0.4 is 5.73 Å². The lowest BCUT2D eigenvalue weighted by Crippen LogP contribution is -2.37. The van der Waals surface area contributed by atoms with Gasteiger partial charge < -0.3 is 20.7 Å². The Bertz CT molecular complexity index is 726. The Morgan fingerprint density at radius 1 is 1.33 bits per heavy atom. The summed E-state index contributed by atoms with van der Waals surface area (Å²) in [5.74, 6) is 0.0556. The highest BCUT2D eigenvalue weighted by atomic mass is 19.4. The SMILES string of the molecule is Nc1ncnc2c1ncn2[C@@H]1O[C@H](CO)C(O)C1OOC(F)(F)F. The number of aliphatic hydroxyl groups is 2. The van der Waals surface area contributed by atoms with Gasteiger partial charge in [0, 0.05) is 0 Å². The number of imidazole rings is 1. The Morgan fingerprint density at radius 2 is 2.08 bits per heavy atom. The second-order valence-corrected chi connectivity index (χ2v) is 4.91. The fraction of sp³-hybridized carbons (Fsp3) is 0.545. The molecule has 24 heavy (non-hydrogen) atoms. The maximum absolute atomic E-state index is 12.2. The third kappa shape index (κ3) is 2.99. The van der Waals surface area contributed by atoms with E-state index in [0.29, 0.717) is 0 Å². The van der Waals surface area contributed by atoms with Crippen LogP contribution in [0, 0.1) is 0 Å². The molecule has 1 aliphatic heterocycles. The summed E-state index contributed by atoms with van der Waals surface area (Å²) in [6.45, 7) is -0.646. The highest BCUT2D eigenvalue weighted by molar-refractivity contribution is 5.81. The zero-order valence-electron chi connectivity index (χ0n) is 11.8. The average molecular weight is 351 g/mol. The normalized spacial score (nSPS) is 27.9. The fourth-order valence-electron chi connectivity index (χ4n) is 2.36. The summed E-state index contributed by atoms with van der Waals surface area (Å²) in [4.78, 5) is 19.2. The molecule has 4 atom stereocenters. The van der Waals surface area contributed by atoms with Gasteiger partial charge in [-0.25, -0.2) is 19.8 Å². The first-order chi connectivity index (χ1) is 11.3. The van der Waals surface area contributed by atoms with E-state index in [9.17, 15) is 23.4 Å². The molecule has 1 saturated heterocycles. The number of anilines is 1. The number of halogens is 3. The predicted molar refractivity (Wildman–Crippen MR) is 68.8 cm³/mol. The van der Waals surface area contributed by atoms with Gasteiger partial charge in [0.1, 0.15) is 24.1 Å². The van der Waals surface area contributed by atoms with Gasteiger partial charge in [0.05, 0.1) is 12.9 Å². The Balaban J connectivity index is 1.94. The van der Waals surface area contributed by atoms with E-state index in [0.717, 1.165) is 6.33 Å². The lowest BCUT2D eigenvalue weighted by molar-refractivity contribution is -0.503. The van der Waals surface area contributed by atoms with E-state index in [4.69, 9.17) is 10.5 Å². The summed E-state index contributed by atoms with van der Waals surface area (Å²) in [7, 11) is 0. The van der Waals surface area contributed by atoms with Gasteiger partial charge in [-0.2, -0.15) is 0 Å².